The Kier molecular flexibility index (Phi) is 7.64. The summed E-state index contributed by atoms with van der Waals surface area (Å²) < 4.78 is 9.31. The van der Waals surface area contributed by atoms with Crippen LogP contribution < -0.4 is 0 Å². The fourth-order valence-corrected chi connectivity index (χ4v) is 9.00. The van der Waals surface area contributed by atoms with Gasteiger partial charge in [-0.1, -0.05) is 133 Å². The molecule has 0 spiro atoms. The average Bonchev–Trinajstić information content (AvgIpc) is 3.85. The first-order valence-electron chi connectivity index (χ1n) is 18.7. The van der Waals surface area contributed by atoms with E-state index in [4.69, 9.17) is 14.4 Å². The van der Waals surface area contributed by atoms with Gasteiger partial charge in [-0.25, -0.2) is 9.97 Å². The van der Waals surface area contributed by atoms with Crippen LogP contribution in [0.1, 0.15) is 0 Å². The lowest BCUT2D eigenvalue weighted by atomic mass is 9.93. The van der Waals surface area contributed by atoms with Crippen molar-refractivity contribution in [1.82, 2.24) is 15.0 Å². The minimum absolute atomic E-state index is 0.657. The van der Waals surface area contributed by atoms with E-state index in [0.29, 0.717) is 5.82 Å². The highest BCUT2D eigenvalue weighted by Crippen LogP contribution is 2.44. The summed E-state index contributed by atoms with van der Waals surface area (Å²) >= 11 is 1.84. The van der Waals surface area contributed by atoms with Crippen molar-refractivity contribution in [3.8, 4) is 67.4 Å². The molecule has 0 saturated heterocycles. The summed E-state index contributed by atoms with van der Waals surface area (Å²) in [6, 6.07) is 63.5. The zero-order valence-electron chi connectivity index (χ0n) is 30.1. The number of aromatic nitrogens is 3. The fourth-order valence-electron chi connectivity index (χ4n) is 7.91. The number of pyridine rings is 1. The SMILES string of the molecule is c1ccc(-c2cc(-c3ccccc3-c3ccccn3)nc(-c3ccc(-c4ccc(-c5ccc6sc7ccccc7c6c5)c5c4oc4ccccc45)cc3)n2)cc1. The highest BCUT2D eigenvalue weighted by Gasteiger charge is 2.19. The molecule has 0 unspecified atom stereocenters. The van der Waals surface area contributed by atoms with Crippen LogP contribution in [-0.2, 0) is 0 Å². The van der Waals surface area contributed by atoms with Crippen LogP contribution in [0.3, 0.4) is 0 Å². The molecule has 0 radical (unpaired) electrons. The molecule has 0 aliphatic heterocycles. The predicted molar refractivity (Wildman–Crippen MR) is 233 cm³/mol. The van der Waals surface area contributed by atoms with Crippen LogP contribution in [-0.4, -0.2) is 15.0 Å². The van der Waals surface area contributed by atoms with Gasteiger partial charge in [-0.3, -0.25) is 4.98 Å². The monoisotopic (exact) mass is 733 g/mol. The van der Waals surface area contributed by atoms with Gasteiger partial charge in [-0.2, -0.15) is 0 Å². The van der Waals surface area contributed by atoms with Crippen LogP contribution in [0.5, 0.6) is 0 Å². The summed E-state index contributed by atoms with van der Waals surface area (Å²) in [4.78, 5) is 15.0. The number of rotatable bonds is 6. The van der Waals surface area contributed by atoms with Crippen molar-refractivity contribution < 1.29 is 4.42 Å². The Morgan fingerprint density at radius 1 is 0.393 bits per heavy atom. The van der Waals surface area contributed by atoms with Gasteiger partial charge >= 0.3 is 0 Å². The van der Waals surface area contributed by atoms with E-state index in [-0.39, 0.29) is 0 Å². The molecule has 5 heteroatoms. The molecule has 0 atom stereocenters. The number of benzene rings is 7. The van der Waals surface area contributed by atoms with Crippen molar-refractivity contribution in [2.45, 2.75) is 0 Å². The first kappa shape index (κ1) is 32.2. The summed E-state index contributed by atoms with van der Waals surface area (Å²) in [7, 11) is 0. The van der Waals surface area contributed by atoms with Crippen LogP contribution in [0.25, 0.3) is 110 Å². The van der Waals surface area contributed by atoms with Crippen LogP contribution >= 0.6 is 11.3 Å². The van der Waals surface area contributed by atoms with Crippen molar-refractivity contribution >= 4 is 53.4 Å². The number of hydrogen-bond donors (Lipinski definition) is 0. The zero-order chi connectivity index (χ0) is 37.0. The van der Waals surface area contributed by atoms with Crippen molar-refractivity contribution in [2.75, 3.05) is 0 Å². The van der Waals surface area contributed by atoms with E-state index in [0.717, 1.165) is 78.0 Å². The maximum Gasteiger partial charge on any atom is 0.160 e. The Morgan fingerprint density at radius 2 is 1.05 bits per heavy atom. The van der Waals surface area contributed by atoms with Gasteiger partial charge in [0.2, 0.25) is 0 Å². The number of para-hydroxylation sites is 1. The summed E-state index contributed by atoms with van der Waals surface area (Å²) in [5, 5.41) is 4.81. The third-order valence-electron chi connectivity index (χ3n) is 10.6. The predicted octanol–water partition coefficient (Wildman–Crippen LogP) is 14.1. The number of nitrogens with zero attached hydrogens (tertiary/aromatic N) is 3. The third kappa shape index (κ3) is 5.48. The van der Waals surface area contributed by atoms with Crippen LogP contribution in [0.15, 0.2) is 193 Å². The summed E-state index contributed by atoms with van der Waals surface area (Å²) in [6.45, 7) is 0. The van der Waals surface area contributed by atoms with Crippen molar-refractivity contribution in [3.05, 3.63) is 188 Å². The molecule has 0 N–H and O–H groups in total. The van der Waals surface area contributed by atoms with Crippen molar-refractivity contribution in [2.24, 2.45) is 0 Å². The molecule has 56 heavy (non-hydrogen) atoms. The Morgan fingerprint density at radius 3 is 1.89 bits per heavy atom. The van der Waals surface area contributed by atoms with Gasteiger partial charge in [0.1, 0.15) is 11.2 Å². The van der Waals surface area contributed by atoms with Gasteiger partial charge in [-0.15, -0.1) is 11.3 Å². The van der Waals surface area contributed by atoms with Gasteiger partial charge in [0.05, 0.1) is 17.1 Å². The summed E-state index contributed by atoms with van der Waals surface area (Å²) in [5.41, 5.74) is 12.8. The van der Waals surface area contributed by atoms with Crippen molar-refractivity contribution in [1.29, 1.82) is 0 Å². The van der Waals surface area contributed by atoms with E-state index < -0.39 is 0 Å². The summed E-state index contributed by atoms with van der Waals surface area (Å²) in [6.07, 6.45) is 1.83. The smallest absolute Gasteiger partial charge is 0.160 e. The molecule has 0 bridgehead atoms. The molecule has 0 aliphatic carbocycles. The highest BCUT2D eigenvalue weighted by atomic mass is 32.1. The fraction of sp³-hybridized carbons (Fsp3) is 0. The normalized spacial score (nSPS) is 11.6. The third-order valence-corrected chi connectivity index (χ3v) is 11.8. The second kappa shape index (κ2) is 13.3. The molecule has 4 nitrogen and oxygen atoms in total. The first-order valence-corrected chi connectivity index (χ1v) is 19.5. The second-order valence-corrected chi connectivity index (χ2v) is 15.0. The van der Waals surface area contributed by atoms with Crippen LogP contribution in [0.2, 0.25) is 0 Å². The van der Waals surface area contributed by atoms with Gasteiger partial charge in [0.25, 0.3) is 0 Å². The quantitative estimate of drug-likeness (QED) is 0.171. The molecule has 7 aromatic carbocycles. The van der Waals surface area contributed by atoms with Gasteiger partial charge in [-0.05, 0) is 65.2 Å². The Balaban J connectivity index is 1.03. The standard InChI is InChI=1S/C51H31N3OS/c1-2-12-33(13-3-1)44-31-45(39-15-5-4-14-38(39)43-18-10-11-29-52-43)54-51(53-44)34-23-21-32(22-24-34)37-27-26-36(49-41-17-6-8-19-46(41)55-50(37)49)35-25-28-48-42(30-35)40-16-7-9-20-47(40)56-48/h1-31H. The average molecular weight is 734 g/mol. The summed E-state index contributed by atoms with van der Waals surface area (Å²) in [5.74, 6) is 0.657. The van der Waals surface area contributed by atoms with E-state index >= 15 is 0 Å². The van der Waals surface area contributed by atoms with E-state index in [9.17, 15) is 0 Å². The molecular formula is C51H31N3OS. The Bertz CT molecular complexity index is 3240. The molecule has 0 amide bonds. The second-order valence-electron chi connectivity index (χ2n) is 13.9. The zero-order valence-corrected chi connectivity index (χ0v) is 30.9. The molecule has 4 heterocycles. The first-order chi connectivity index (χ1) is 27.7. The Labute approximate surface area is 327 Å². The van der Waals surface area contributed by atoms with Gasteiger partial charge in [0.15, 0.2) is 5.82 Å². The highest BCUT2D eigenvalue weighted by molar-refractivity contribution is 7.25. The largest absolute Gasteiger partial charge is 0.455 e. The molecular weight excluding hydrogens is 703 g/mol. The number of thiophene rings is 1. The molecule has 4 aromatic heterocycles. The molecule has 11 aromatic rings. The maximum atomic E-state index is 6.71. The Hall–Kier alpha value is -7.21. The van der Waals surface area contributed by atoms with Crippen molar-refractivity contribution in [3.63, 3.8) is 0 Å². The topological polar surface area (TPSA) is 51.8 Å². The molecule has 0 saturated carbocycles. The number of fused-ring (bicyclic) bond motifs is 6. The van der Waals surface area contributed by atoms with E-state index in [2.05, 4.69) is 132 Å². The molecule has 11 rings (SSSR count). The number of hydrogen-bond acceptors (Lipinski definition) is 5. The lowest BCUT2D eigenvalue weighted by Gasteiger charge is -2.13. The van der Waals surface area contributed by atoms with Gasteiger partial charge in [0, 0.05) is 65.0 Å². The minimum Gasteiger partial charge on any atom is -0.455 e. The lowest BCUT2D eigenvalue weighted by molar-refractivity contribution is 0.670. The number of furan rings is 1. The van der Waals surface area contributed by atoms with Gasteiger partial charge < -0.3 is 4.42 Å². The van der Waals surface area contributed by atoms with E-state index in [1.165, 1.54) is 25.7 Å². The molecule has 0 aliphatic rings. The van der Waals surface area contributed by atoms with Crippen LogP contribution in [0.4, 0.5) is 0 Å². The van der Waals surface area contributed by atoms with E-state index in [1.807, 2.05) is 72.1 Å². The molecule has 262 valence electrons. The van der Waals surface area contributed by atoms with E-state index in [1.54, 1.807) is 0 Å². The maximum absolute atomic E-state index is 6.71. The minimum atomic E-state index is 0.657. The van der Waals surface area contributed by atoms with Crippen LogP contribution in [0, 0.1) is 0 Å². The lowest BCUT2D eigenvalue weighted by Crippen LogP contribution is -1.97. The molecule has 0 fully saturated rings.